The summed E-state index contributed by atoms with van der Waals surface area (Å²) < 4.78 is 10.8. The lowest BCUT2D eigenvalue weighted by Gasteiger charge is -2.26. The van der Waals surface area contributed by atoms with Crippen LogP contribution in [0.1, 0.15) is 47.2 Å². The van der Waals surface area contributed by atoms with E-state index in [0.717, 1.165) is 22.3 Å². The monoisotopic (exact) mass is 476 g/mol. The van der Waals surface area contributed by atoms with Crippen molar-refractivity contribution >= 4 is 18.0 Å². The highest BCUT2D eigenvalue weighted by molar-refractivity contribution is 5.86. The second-order valence-corrected chi connectivity index (χ2v) is 8.96. The number of nitrogens with one attached hydrogen (secondary N) is 1. The zero-order valence-electron chi connectivity index (χ0n) is 19.9. The number of aromatic carboxylic acids is 1. The fraction of sp³-hybridized carbons (Fsp3) is 0.296. The van der Waals surface area contributed by atoms with E-state index >= 15 is 0 Å². The van der Waals surface area contributed by atoms with Crippen LogP contribution in [0, 0.1) is 5.92 Å². The number of ether oxygens (including phenoxy) is 1. The first kappa shape index (κ1) is 24.1. The molecule has 0 bridgehead atoms. The Morgan fingerprint density at radius 3 is 2.14 bits per heavy atom. The Balaban J connectivity index is 1.39. The zero-order chi connectivity index (χ0) is 25.1. The third kappa shape index (κ3) is 5.06. The van der Waals surface area contributed by atoms with E-state index in [1.165, 1.54) is 17.0 Å². The van der Waals surface area contributed by atoms with Crippen molar-refractivity contribution in [1.29, 1.82) is 0 Å². The second-order valence-electron chi connectivity index (χ2n) is 8.96. The summed E-state index contributed by atoms with van der Waals surface area (Å²) in [7, 11) is 1.57. The number of fused-ring (bicyclic) bond motifs is 3. The number of rotatable bonds is 8. The molecule has 0 saturated carbocycles. The molecule has 8 heteroatoms. The van der Waals surface area contributed by atoms with Gasteiger partial charge in [0.1, 0.15) is 18.4 Å². The molecule has 3 aromatic rings. The molecule has 0 spiro atoms. The molecular formula is C27H28N2O6. The molecule has 1 atom stereocenters. The predicted molar refractivity (Wildman–Crippen MR) is 129 cm³/mol. The molecule has 1 unspecified atom stereocenters. The summed E-state index contributed by atoms with van der Waals surface area (Å²) in [6.45, 7) is 3.88. The molecule has 0 saturated heterocycles. The lowest BCUT2D eigenvalue weighted by atomic mass is 9.98. The van der Waals surface area contributed by atoms with Crippen molar-refractivity contribution in [2.75, 3.05) is 13.7 Å². The first-order valence-corrected chi connectivity index (χ1v) is 11.4. The van der Waals surface area contributed by atoms with Gasteiger partial charge >= 0.3 is 12.1 Å². The van der Waals surface area contributed by atoms with Gasteiger partial charge in [0.2, 0.25) is 11.7 Å². The number of likely N-dealkylation sites (N-methyl/N-ethyl adjacent to an activating group) is 1. The van der Waals surface area contributed by atoms with Gasteiger partial charge < -0.3 is 24.5 Å². The third-order valence-corrected chi connectivity index (χ3v) is 6.19. The van der Waals surface area contributed by atoms with Crippen LogP contribution >= 0.6 is 0 Å². The number of alkyl carbamates (subject to hydrolysis) is 1. The van der Waals surface area contributed by atoms with Crippen molar-refractivity contribution in [3.63, 3.8) is 0 Å². The average Bonchev–Trinajstić information content (AvgIpc) is 3.43. The number of benzene rings is 2. The Morgan fingerprint density at radius 1 is 1.00 bits per heavy atom. The van der Waals surface area contributed by atoms with E-state index in [1.54, 1.807) is 7.05 Å². The minimum Gasteiger partial charge on any atom is -0.475 e. The minimum absolute atomic E-state index is 0.0711. The Labute approximate surface area is 203 Å². The Morgan fingerprint density at radius 2 is 1.60 bits per heavy atom. The number of hydrogen-bond donors (Lipinski definition) is 2. The van der Waals surface area contributed by atoms with Crippen LogP contribution < -0.4 is 5.32 Å². The van der Waals surface area contributed by atoms with E-state index in [4.69, 9.17) is 14.3 Å². The molecular weight excluding hydrogens is 448 g/mol. The van der Waals surface area contributed by atoms with Crippen molar-refractivity contribution in [1.82, 2.24) is 10.2 Å². The Hall–Kier alpha value is -4.07. The van der Waals surface area contributed by atoms with E-state index in [0.29, 0.717) is 5.76 Å². The Kier molecular flexibility index (Phi) is 6.91. The average molecular weight is 477 g/mol. The summed E-state index contributed by atoms with van der Waals surface area (Å²) in [5, 5.41) is 11.7. The predicted octanol–water partition coefficient (Wildman–Crippen LogP) is 4.50. The molecule has 8 nitrogen and oxygen atoms in total. The number of carbonyl (C=O) groups excluding carboxylic acids is 2. The first-order chi connectivity index (χ1) is 16.8. The van der Waals surface area contributed by atoms with Crippen LogP contribution in [0.3, 0.4) is 0 Å². The van der Waals surface area contributed by atoms with E-state index in [2.05, 4.69) is 17.4 Å². The molecule has 1 heterocycles. The molecule has 2 aromatic carbocycles. The maximum atomic E-state index is 13.1. The molecule has 1 aromatic heterocycles. The summed E-state index contributed by atoms with van der Waals surface area (Å²) in [4.78, 5) is 38.2. The van der Waals surface area contributed by atoms with Crippen molar-refractivity contribution < 1.29 is 28.6 Å². The largest absolute Gasteiger partial charge is 0.475 e. The summed E-state index contributed by atoms with van der Waals surface area (Å²) in [5.41, 5.74) is 4.49. The highest BCUT2D eigenvalue weighted by Gasteiger charge is 2.31. The van der Waals surface area contributed by atoms with Gasteiger partial charge in [0.15, 0.2) is 0 Å². The molecule has 0 fully saturated rings. The lowest BCUT2D eigenvalue weighted by Crippen LogP contribution is -2.50. The fourth-order valence-corrected chi connectivity index (χ4v) is 4.41. The molecule has 0 aliphatic heterocycles. The van der Waals surface area contributed by atoms with Gasteiger partial charge in [-0.25, -0.2) is 9.59 Å². The number of carboxylic acid groups (broad SMARTS) is 1. The van der Waals surface area contributed by atoms with Gasteiger partial charge in [0.05, 0.1) is 6.54 Å². The maximum absolute atomic E-state index is 13.1. The molecule has 4 rings (SSSR count). The number of carboxylic acids is 1. The molecule has 2 amide bonds. The van der Waals surface area contributed by atoms with Crippen molar-refractivity contribution in [3.05, 3.63) is 83.3 Å². The van der Waals surface area contributed by atoms with E-state index in [1.807, 2.05) is 50.2 Å². The van der Waals surface area contributed by atoms with Gasteiger partial charge in [-0.05, 0) is 40.3 Å². The van der Waals surface area contributed by atoms with Gasteiger partial charge in [-0.3, -0.25) is 4.79 Å². The topological polar surface area (TPSA) is 109 Å². The van der Waals surface area contributed by atoms with Crippen molar-refractivity contribution in [3.8, 4) is 11.1 Å². The minimum atomic E-state index is -1.18. The summed E-state index contributed by atoms with van der Waals surface area (Å²) in [6, 6.07) is 18.2. The SMILES string of the molecule is CC(C)C(NC(=O)OCC1c2ccccc2-c2ccccc21)C(=O)N(C)Cc1ccc(C(=O)O)o1. The van der Waals surface area contributed by atoms with Crippen molar-refractivity contribution in [2.45, 2.75) is 32.4 Å². The normalized spacial score (nSPS) is 13.1. The van der Waals surface area contributed by atoms with Crippen LogP contribution in [0.2, 0.25) is 0 Å². The smallest absolute Gasteiger partial charge is 0.407 e. The van der Waals surface area contributed by atoms with Crippen LogP contribution in [-0.2, 0) is 16.1 Å². The van der Waals surface area contributed by atoms with Crippen LogP contribution in [0.4, 0.5) is 4.79 Å². The zero-order valence-corrected chi connectivity index (χ0v) is 19.9. The number of amides is 2. The molecule has 35 heavy (non-hydrogen) atoms. The lowest BCUT2D eigenvalue weighted by molar-refractivity contribution is -0.133. The second kappa shape index (κ2) is 10.0. The van der Waals surface area contributed by atoms with Crippen LogP contribution in [0.5, 0.6) is 0 Å². The van der Waals surface area contributed by atoms with Gasteiger partial charge in [0.25, 0.3) is 0 Å². The highest BCUT2D eigenvalue weighted by Crippen LogP contribution is 2.44. The summed E-state index contributed by atoms with van der Waals surface area (Å²) in [5.74, 6) is -1.65. The molecule has 1 aliphatic carbocycles. The maximum Gasteiger partial charge on any atom is 0.407 e. The van der Waals surface area contributed by atoms with Gasteiger partial charge in [-0.15, -0.1) is 0 Å². The third-order valence-electron chi connectivity index (χ3n) is 6.19. The fourth-order valence-electron chi connectivity index (χ4n) is 4.41. The molecule has 2 N–H and O–H groups in total. The summed E-state index contributed by atoms with van der Waals surface area (Å²) in [6.07, 6.45) is -0.668. The quantitative estimate of drug-likeness (QED) is 0.496. The molecule has 0 radical (unpaired) electrons. The summed E-state index contributed by atoms with van der Waals surface area (Å²) >= 11 is 0. The standard InChI is InChI=1S/C27H28N2O6/c1-16(2)24(25(30)29(3)14-17-12-13-23(35-17)26(31)32)28-27(33)34-15-22-20-10-6-4-8-18(20)19-9-5-7-11-21(19)22/h4-13,16,22,24H,14-15H2,1-3H3,(H,28,33)(H,31,32). The first-order valence-electron chi connectivity index (χ1n) is 11.4. The van der Waals surface area contributed by atoms with Gasteiger partial charge in [-0.2, -0.15) is 0 Å². The van der Waals surface area contributed by atoms with Crippen molar-refractivity contribution in [2.24, 2.45) is 5.92 Å². The van der Waals surface area contributed by atoms with Gasteiger partial charge in [0, 0.05) is 13.0 Å². The molecule has 1 aliphatic rings. The van der Waals surface area contributed by atoms with Crippen LogP contribution in [0.25, 0.3) is 11.1 Å². The van der Waals surface area contributed by atoms with E-state index in [-0.39, 0.29) is 36.7 Å². The number of carbonyl (C=O) groups is 3. The Bertz CT molecular complexity index is 1200. The number of nitrogens with zero attached hydrogens (tertiary/aromatic N) is 1. The van der Waals surface area contributed by atoms with Crippen LogP contribution in [-0.4, -0.2) is 47.7 Å². The van der Waals surface area contributed by atoms with E-state index < -0.39 is 18.1 Å². The highest BCUT2D eigenvalue weighted by atomic mass is 16.5. The van der Waals surface area contributed by atoms with E-state index in [9.17, 15) is 14.4 Å². The number of hydrogen-bond acceptors (Lipinski definition) is 5. The van der Waals surface area contributed by atoms with Crippen LogP contribution in [0.15, 0.2) is 65.1 Å². The molecule has 182 valence electrons. The van der Waals surface area contributed by atoms with Gasteiger partial charge in [-0.1, -0.05) is 62.4 Å². The number of furan rings is 1.